The summed E-state index contributed by atoms with van der Waals surface area (Å²) in [4.78, 5) is 10.2. The summed E-state index contributed by atoms with van der Waals surface area (Å²) in [6.07, 6.45) is 1.91. The number of non-ortho nitro benzene ring substituents is 1. The van der Waals surface area contributed by atoms with Gasteiger partial charge in [-0.05, 0) is 24.3 Å². The largest absolute Gasteiger partial charge is 0.269 e. The number of nitrogens with zero attached hydrogens (tertiary/aromatic N) is 2. The molecule has 1 aliphatic heterocycles. The van der Waals surface area contributed by atoms with E-state index < -0.39 is 14.9 Å². The number of benzene rings is 1. The van der Waals surface area contributed by atoms with Crippen molar-refractivity contribution in [2.24, 2.45) is 5.92 Å². The first kappa shape index (κ1) is 14.9. The van der Waals surface area contributed by atoms with E-state index in [1.165, 1.54) is 22.5 Å². The van der Waals surface area contributed by atoms with Gasteiger partial charge in [0.1, 0.15) is 0 Å². The molecule has 0 aliphatic carbocycles. The van der Waals surface area contributed by atoms with E-state index >= 15 is 0 Å². The lowest BCUT2D eigenvalue weighted by molar-refractivity contribution is -0.384. The van der Waals surface area contributed by atoms with Crippen molar-refractivity contribution in [3.63, 3.8) is 0 Å². The van der Waals surface area contributed by atoms with Crippen molar-refractivity contribution in [3.8, 4) is 0 Å². The lowest BCUT2D eigenvalue weighted by Crippen LogP contribution is -2.39. The minimum absolute atomic E-state index is 0.0790. The highest BCUT2D eigenvalue weighted by Crippen LogP contribution is 2.22. The first-order valence-corrected chi connectivity index (χ1v) is 8.20. The van der Waals surface area contributed by atoms with Gasteiger partial charge in [-0.15, -0.1) is 0 Å². The molecule has 1 atom stereocenters. The maximum Gasteiger partial charge on any atom is 0.269 e. The van der Waals surface area contributed by atoms with Gasteiger partial charge in [0.25, 0.3) is 5.69 Å². The molecule has 0 aromatic heterocycles. The molecule has 1 heterocycles. The predicted octanol–water partition coefficient (Wildman–Crippen LogP) is 2.16. The van der Waals surface area contributed by atoms with E-state index in [1.807, 2.05) is 6.92 Å². The third-order valence-electron chi connectivity index (χ3n) is 3.48. The number of nitro benzene ring substituents is 1. The molecular weight excluding hydrogens is 280 g/mol. The second-order valence-electron chi connectivity index (χ2n) is 5.29. The van der Waals surface area contributed by atoms with E-state index in [4.69, 9.17) is 0 Å². The van der Waals surface area contributed by atoms with E-state index in [-0.39, 0.29) is 11.4 Å². The summed E-state index contributed by atoms with van der Waals surface area (Å²) in [5.41, 5.74) is 0.377. The van der Waals surface area contributed by atoms with Crippen LogP contribution in [0.4, 0.5) is 5.69 Å². The van der Waals surface area contributed by atoms with Crippen molar-refractivity contribution in [1.29, 1.82) is 0 Å². The molecule has 0 unspecified atom stereocenters. The van der Waals surface area contributed by atoms with Gasteiger partial charge < -0.3 is 0 Å². The molecule has 1 aliphatic rings. The molecule has 1 saturated heterocycles. The standard InChI is InChI=1S/C13H18N2O4S/c1-11-4-3-7-14(9-11)20(18,19)10-12-5-2-6-13(8-12)15(16)17/h2,5-6,8,11H,3-4,7,9-10H2,1H3/t11-/m1/s1. The molecule has 0 radical (unpaired) electrons. The Hall–Kier alpha value is -1.47. The quantitative estimate of drug-likeness (QED) is 0.630. The summed E-state index contributed by atoms with van der Waals surface area (Å²) in [7, 11) is -3.40. The van der Waals surface area contributed by atoms with E-state index in [0.29, 0.717) is 24.6 Å². The van der Waals surface area contributed by atoms with E-state index in [2.05, 4.69) is 0 Å². The van der Waals surface area contributed by atoms with Gasteiger partial charge in [-0.3, -0.25) is 10.1 Å². The zero-order valence-corrected chi connectivity index (χ0v) is 12.2. The Morgan fingerprint density at radius 3 is 2.85 bits per heavy atom. The van der Waals surface area contributed by atoms with Crippen LogP contribution in [0.25, 0.3) is 0 Å². The van der Waals surface area contributed by atoms with E-state index in [1.54, 1.807) is 6.07 Å². The first-order chi connectivity index (χ1) is 9.38. The Morgan fingerprint density at radius 2 is 2.20 bits per heavy atom. The molecule has 0 amide bonds. The molecule has 20 heavy (non-hydrogen) atoms. The molecule has 2 rings (SSSR count). The topological polar surface area (TPSA) is 80.5 Å². The van der Waals surface area contributed by atoms with Crippen molar-refractivity contribution in [3.05, 3.63) is 39.9 Å². The molecule has 0 spiro atoms. The highest BCUT2D eigenvalue weighted by molar-refractivity contribution is 7.88. The molecular formula is C13H18N2O4S. The van der Waals surface area contributed by atoms with E-state index in [0.717, 1.165) is 12.8 Å². The Balaban J connectivity index is 2.15. The summed E-state index contributed by atoms with van der Waals surface area (Å²) in [6.45, 7) is 3.12. The van der Waals surface area contributed by atoms with Gasteiger partial charge in [0, 0.05) is 25.2 Å². The Bertz CT molecular complexity index is 600. The normalized spacial score (nSPS) is 20.8. The SMILES string of the molecule is C[C@@H]1CCCN(S(=O)(=O)Cc2cccc([N+](=O)[O-])c2)C1. The second kappa shape index (κ2) is 5.88. The van der Waals surface area contributed by atoms with Gasteiger partial charge in [-0.25, -0.2) is 12.7 Å². The van der Waals surface area contributed by atoms with Gasteiger partial charge in [0.15, 0.2) is 0 Å². The van der Waals surface area contributed by atoms with Crippen molar-refractivity contribution in [1.82, 2.24) is 4.31 Å². The number of sulfonamides is 1. The molecule has 7 heteroatoms. The van der Waals surface area contributed by atoms with Gasteiger partial charge in [-0.1, -0.05) is 19.1 Å². The minimum Gasteiger partial charge on any atom is -0.258 e. The van der Waals surface area contributed by atoms with E-state index in [9.17, 15) is 18.5 Å². The number of hydrogen-bond acceptors (Lipinski definition) is 4. The average Bonchev–Trinajstić information content (AvgIpc) is 2.38. The third-order valence-corrected chi connectivity index (χ3v) is 5.30. The fraction of sp³-hybridized carbons (Fsp3) is 0.538. The van der Waals surface area contributed by atoms with Gasteiger partial charge >= 0.3 is 0 Å². The number of hydrogen-bond donors (Lipinski definition) is 0. The molecule has 6 nitrogen and oxygen atoms in total. The average molecular weight is 298 g/mol. The van der Waals surface area contributed by atoms with Crippen LogP contribution in [0.2, 0.25) is 0 Å². The smallest absolute Gasteiger partial charge is 0.258 e. The highest BCUT2D eigenvalue weighted by atomic mass is 32.2. The van der Waals surface area contributed by atoms with Crippen LogP contribution in [0.5, 0.6) is 0 Å². The van der Waals surface area contributed by atoms with Gasteiger partial charge in [0.2, 0.25) is 10.0 Å². The molecule has 1 aromatic rings. The summed E-state index contributed by atoms with van der Waals surface area (Å²) in [5.74, 6) is 0.185. The van der Waals surface area contributed by atoms with Crippen molar-refractivity contribution in [2.45, 2.75) is 25.5 Å². The number of nitro groups is 1. The molecule has 0 saturated carbocycles. The van der Waals surface area contributed by atoms with Gasteiger partial charge in [0.05, 0.1) is 10.7 Å². The molecule has 0 bridgehead atoms. The zero-order valence-electron chi connectivity index (χ0n) is 11.4. The number of piperidine rings is 1. The predicted molar refractivity (Wildman–Crippen MR) is 75.7 cm³/mol. The van der Waals surface area contributed by atoms with Crippen LogP contribution in [0, 0.1) is 16.0 Å². The van der Waals surface area contributed by atoms with Crippen LogP contribution in [0.1, 0.15) is 25.3 Å². The molecule has 1 aromatic carbocycles. The Kier molecular flexibility index (Phi) is 4.39. The lowest BCUT2D eigenvalue weighted by atomic mass is 10.0. The van der Waals surface area contributed by atoms with Crippen LogP contribution in [-0.2, 0) is 15.8 Å². The summed E-state index contributed by atoms with van der Waals surface area (Å²) in [5, 5.41) is 10.7. The second-order valence-corrected chi connectivity index (χ2v) is 7.26. The fourth-order valence-corrected chi connectivity index (χ4v) is 4.13. The molecule has 0 N–H and O–H groups in total. The van der Waals surface area contributed by atoms with Crippen LogP contribution < -0.4 is 0 Å². The fourth-order valence-electron chi connectivity index (χ4n) is 2.46. The van der Waals surface area contributed by atoms with Crippen LogP contribution in [0.3, 0.4) is 0 Å². The highest BCUT2D eigenvalue weighted by Gasteiger charge is 2.27. The maximum atomic E-state index is 12.3. The summed E-state index contributed by atoms with van der Waals surface area (Å²) >= 11 is 0. The monoisotopic (exact) mass is 298 g/mol. The minimum atomic E-state index is -3.40. The molecule has 1 fully saturated rings. The van der Waals surface area contributed by atoms with Crippen LogP contribution in [0.15, 0.2) is 24.3 Å². The van der Waals surface area contributed by atoms with Gasteiger partial charge in [-0.2, -0.15) is 0 Å². The zero-order chi connectivity index (χ0) is 14.8. The van der Waals surface area contributed by atoms with Crippen LogP contribution in [-0.4, -0.2) is 30.7 Å². The number of rotatable bonds is 4. The molecule has 110 valence electrons. The third kappa shape index (κ3) is 3.55. The Labute approximate surface area is 118 Å². The van der Waals surface area contributed by atoms with Crippen molar-refractivity contribution >= 4 is 15.7 Å². The summed E-state index contributed by atoms with van der Waals surface area (Å²) < 4.78 is 26.2. The van der Waals surface area contributed by atoms with Crippen molar-refractivity contribution < 1.29 is 13.3 Å². The lowest BCUT2D eigenvalue weighted by Gasteiger charge is -2.30. The first-order valence-electron chi connectivity index (χ1n) is 6.59. The Morgan fingerprint density at radius 1 is 1.45 bits per heavy atom. The maximum absolute atomic E-state index is 12.3. The van der Waals surface area contributed by atoms with Crippen molar-refractivity contribution in [2.75, 3.05) is 13.1 Å². The summed E-state index contributed by atoms with van der Waals surface area (Å²) in [6, 6.07) is 5.81. The van der Waals surface area contributed by atoms with Crippen LogP contribution >= 0.6 is 0 Å².